The number of hydrogen-bond acceptors (Lipinski definition) is 4. The van der Waals surface area contributed by atoms with E-state index in [1.807, 2.05) is 0 Å². The third-order valence-electron chi connectivity index (χ3n) is 3.61. The van der Waals surface area contributed by atoms with Gasteiger partial charge in [-0.1, -0.05) is 18.5 Å². The van der Waals surface area contributed by atoms with Gasteiger partial charge in [-0.15, -0.1) is 0 Å². The number of hydrogen-bond donors (Lipinski definition) is 2. The van der Waals surface area contributed by atoms with Crippen LogP contribution in [0.3, 0.4) is 0 Å². The van der Waals surface area contributed by atoms with Crippen LogP contribution in [-0.2, 0) is 0 Å². The molecule has 1 fully saturated rings. The molecule has 3 rings (SSSR count). The Morgan fingerprint density at radius 1 is 1.48 bits per heavy atom. The topological polar surface area (TPSA) is 74.6 Å². The van der Waals surface area contributed by atoms with Crippen LogP contribution >= 0.6 is 0 Å². The highest BCUT2D eigenvalue weighted by atomic mass is 16.3. The summed E-state index contributed by atoms with van der Waals surface area (Å²) in [7, 11) is 0. The lowest BCUT2D eigenvalue weighted by Crippen LogP contribution is -2.36. The Morgan fingerprint density at radius 3 is 3.00 bits per heavy atom. The zero-order valence-corrected chi connectivity index (χ0v) is 14.2. The van der Waals surface area contributed by atoms with Crippen LogP contribution < -0.4 is 10.9 Å². The summed E-state index contributed by atoms with van der Waals surface area (Å²) in [5.41, 5.74) is -3.87. The van der Waals surface area contributed by atoms with Gasteiger partial charge >= 0.3 is 0 Å². The summed E-state index contributed by atoms with van der Waals surface area (Å²) in [6, 6.07) is -6.88. The third kappa shape index (κ3) is 4.16. The fraction of sp³-hybridized carbons (Fsp3) is 0.524. The van der Waals surface area contributed by atoms with Crippen molar-refractivity contribution in [3.05, 3.63) is 40.1 Å². The van der Waals surface area contributed by atoms with Crippen LogP contribution in [-0.4, -0.2) is 48.0 Å². The molecular weight excluding hydrogens is 342 g/mol. The first kappa shape index (κ1) is 6.34. The average Bonchev–Trinajstić information content (AvgIpc) is 2.93. The van der Waals surface area contributed by atoms with Crippen LogP contribution in [0, 0.1) is 0 Å². The second-order valence-corrected chi connectivity index (χ2v) is 5.44. The van der Waals surface area contributed by atoms with Crippen LogP contribution in [0.5, 0.6) is 5.75 Å². The Balaban J connectivity index is 2.16. The van der Waals surface area contributed by atoms with Crippen molar-refractivity contribution in [2.75, 3.05) is 26.1 Å². The molecule has 1 aromatic heterocycles. The van der Waals surface area contributed by atoms with Gasteiger partial charge in [0.25, 0.3) is 12.9 Å². The molecule has 6 heteroatoms. The summed E-state index contributed by atoms with van der Waals surface area (Å²) < 4.78 is 161. The molecule has 0 aliphatic carbocycles. The van der Waals surface area contributed by atoms with Gasteiger partial charge in [-0.3, -0.25) is 9.59 Å². The Kier molecular flexibility index (Phi) is 2.01. The lowest BCUT2D eigenvalue weighted by molar-refractivity contribution is 0.0946. The fourth-order valence-corrected chi connectivity index (χ4v) is 2.43. The van der Waals surface area contributed by atoms with E-state index in [4.69, 9.17) is 27.5 Å². The number of amides is 1. The van der Waals surface area contributed by atoms with E-state index in [1.54, 1.807) is 0 Å². The number of nitrogens with one attached hydrogen (secondary N) is 1. The van der Waals surface area contributed by atoms with Gasteiger partial charge in [0.15, 0.2) is 1.41 Å². The summed E-state index contributed by atoms with van der Waals surface area (Å²) >= 11 is 0. The minimum atomic E-state index is -3.67. The van der Waals surface area contributed by atoms with Gasteiger partial charge in [-0.25, -0.2) is 0 Å². The smallest absolute Gasteiger partial charge is 0.293 e. The first-order valence-corrected chi connectivity index (χ1v) is 7.84. The van der Waals surface area contributed by atoms with Crippen molar-refractivity contribution >= 4 is 16.8 Å². The highest BCUT2D eigenvalue weighted by molar-refractivity contribution is 6.02. The summed E-state index contributed by atoms with van der Waals surface area (Å²) in [6.07, 6.45) is -11.5. The van der Waals surface area contributed by atoms with E-state index in [0.29, 0.717) is 6.92 Å². The number of para-hydroxylation sites is 1. The van der Waals surface area contributed by atoms with Gasteiger partial charge < -0.3 is 19.9 Å². The molecule has 27 heavy (non-hydrogen) atoms. The summed E-state index contributed by atoms with van der Waals surface area (Å²) in [5.74, 6) is -2.77. The predicted molar refractivity (Wildman–Crippen MR) is 107 cm³/mol. The van der Waals surface area contributed by atoms with Crippen molar-refractivity contribution in [3.8, 4) is 5.75 Å². The molecule has 146 valence electrons. The van der Waals surface area contributed by atoms with Crippen molar-refractivity contribution in [2.24, 2.45) is 0 Å². The van der Waals surface area contributed by atoms with E-state index in [1.165, 1.54) is 0 Å². The van der Waals surface area contributed by atoms with Gasteiger partial charge in [-0.2, -0.15) is 0 Å². The third-order valence-corrected chi connectivity index (χ3v) is 3.61. The van der Waals surface area contributed by atoms with Crippen LogP contribution in [0.1, 0.15) is 80.4 Å². The molecule has 0 saturated carbocycles. The second-order valence-electron chi connectivity index (χ2n) is 5.44. The van der Waals surface area contributed by atoms with Crippen molar-refractivity contribution in [1.29, 1.82) is 1.43 Å². The summed E-state index contributed by atoms with van der Waals surface area (Å²) in [4.78, 5) is 27.4. The quantitative estimate of drug-likeness (QED) is 0.761. The number of fused-ring (bicyclic) bond motifs is 1. The number of carbonyl (C=O) groups excluding carboxylic acids is 1. The van der Waals surface area contributed by atoms with E-state index in [9.17, 15) is 9.59 Å². The standard InChI is InChI=1S/C21H29N3O3/c1-15(2)24-17-10-5-4-9-16(17)19(25)18(21(24)27)20(26)22-11-8-14-23-12-6-3-7-13-23/h4-5,9-10,15,25H,3,6-8,11-14H2,1-2H3,(H,22,26)/i1D3,3D2,4D,5D,6D2,7D2,9D,10D,12D2,13D2,15D/hD2. The number of aromatic nitrogens is 1. The van der Waals surface area contributed by atoms with Crippen LogP contribution in [0.15, 0.2) is 29.0 Å². The molecule has 1 saturated heterocycles. The Hall–Kier alpha value is -2.34. The molecule has 2 heterocycles. The molecule has 1 unspecified atom stereocenters. The maximum Gasteiger partial charge on any atom is 0.293 e. The minimum Gasteiger partial charge on any atom is -0.506 e. The monoisotopic (exact) mass is 391 g/mol. The lowest BCUT2D eigenvalue weighted by Gasteiger charge is -2.26. The number of benzene rings is 1. The molecule has 1 amide bonds. The maximum absolute atomic E-state index is 13.8. The molecule has 1 aliphatic heterocycles. The molecule has 6 nitrogen and oxygen atoms in total. The van der Waals surface area contributed by atoms with Crippen molar-refractivity contribution in [1.82, 2.24) is 14.8 Å². The number of rotatable bonds is 7. The number of nitrogens with zero attached hydrogens (tertiary/aromatic N) is 2. The Labute approximate surface area is 188 Å². The molecule has 2 aromatic rings. The first-order chi connectivity index (χ1) is 20.9. The SMILES string of the molecule is [2H]Oc1c(C(=O)N([2H])CCCN2C([2H])([2H])C([2H])([2H])C([2H])([2H])C([2H])([2H])C2([2H])[2H])c(=O)n(C([2H])(C)C([2H])([2H])[2H])c2c([2H])c([2H])c([2H])c([2H])c12. The van der Waals surface area contributed by atoms with E-state index in [2.05, 4.69) is 5.11 Å². The van der Waals surface area contributed by atoms with Gasteiger partial charge in [0.05, 0.1) is 12.4 Å². The Morgan fingerprint density at radius 2 is 2.26 bits per heavy atom. The van der Waals surface area contributed by atoms with Crippen molar-refractivity contribution in [3.63, 3.8) is 0 Å². The lowest BCUT2D eigenvalue weighted by atomic mass is 10.1. The summed E-state index contributed by atoms with van der Waals surface area (Å²) in [5, 5.41) is 3.60. The van der Waals surface area contributed by atoms with E-state index in [-0.39, 0.29) is 14.8 Å². The largest absolute Gasteiger partial charge is 0.506 e. The van der Waals surface area contributed by atoms with Gasteiger partial charge in [0.1, 0.15) is 11.3 Å². The summed E-state index contributed by atoms with van der Waals surface area (Å²) in [6.45, 7) is -11.4. The molecular formula is C21H29N3O3. The van der Waals surface area contributed by atoms with Gasteiger partial charge in [0, 0.05) is 35.8 Å². The van der Waals surface area contributed by atoms with Crippen LogP contribution in [0.25, 0.3) is 10.9 Å². The van der Waals surface area contributed by atoms with Crippen molar-refractivity contribution in [2.45, 2.75) is 45.3 Å². The number of carbonyl (C=O) groups is 1. The number of piperidine rings is 1. The number of pyridine rings is 1. The molecule has 1 aromatic carbocycles. The minimum absolute atomic E-state index is 0.00458. The number of likely N-dealkylation sites (tertiary alicyclic amines) is 1. The first-order valence-electron chi connectivity index (χ1n) is 17.7. The van der Waals surface area contributed by atoms with E-state index < -0.39 is 122 Å². The highest BCUT2D eigenvalue weighted by Crippen LogP contribution is 2.27. The number of aromatic hydroxyl groups is 1. The predicted octanol–water partition coefficient (Wildman–Crippen LogP) is 2.89. The van der Waals surface area contributed by atoms with Crippen LogP contribution in [0.2, 0.25) is 1.41 Å². The van der Waals surface area contributed by atoms with Gasteiger partial charge in [-0.05, 0) is 64.6 Å². The molecule has 0 spiro atoms. The zero-order valence-electron chi connectivity index (χ0n) is 34.2. The zero-order chi connectivity index (χ0) is 36.8. The van der Waals surface area contributed by atoms with E-state index in [0.717, 1.165) is 0 Å². The maximum atomic E-state index is 13.8. The normalized spacial score (nSPS) is 38.0. The molecule has 0 radical (unpaired) electrons. The molecule has 0 bridgehead atoms. The molecule has 2 N–H and O–H groups in total. The van der Waals surface area contributed by atoms with Crippen molar-refractivity contribution < 1.29 is 36.0 Å². The highest BCUT2D eigenvalue weighted by Gasteiger charge is 2.22. The molecule has 1 aliphatic rings. The average molecular weight is 392 g/mol. The van der Waals surface area contributed by atoms with E-state index >= 15 is 0 Å². The molecule has 1 atom stereocenters. The second kappa shape index (κ2) is 8.57. The fourth-order valence-electron chi connectivity index (χ4n) is 2.43. The Bertz CT molecular complexity index is 1640. The van der Waals surface area contributed by atoms with Gasteiger partial charge in [0.2, 0.25) is 0 Å². The van der Waals surface area contributed by atoms with Crippen LogP contribution in [0.4, 0.5) is 0 Å².